The van der Waals surface area contributed by atoms with Crippen molar-refractivity contribution in [3.05, 3.63) is 108 Å². The predicted molar refractivity (Wildman–Crippen MR) is 140 cm³/mol. The Hall–Kier alpha value is -4.65. The van der Waals surface area contributed by atoms with E-state index in [1.54, 1.807) is 4.52 Å². The SMILES string of the molecule is CN(C)c1cccc(CNC(=O)c2ccc(-c3cccc4nc(Nc5ccccc5)nn34)cc2)c1. The summed E-state index contributed by atoms with van der Waals surface area (Å²) in [5.41, 5.74) is 6.27. The molecule has 2 aromatic heterocycles. The Balaban J connectivity index is 1.31. The molecule has 0 radical (unpaired) electrons. The van der Waals surface area contributed by atoms with E-state index in [0.717, 1.165) is 33.8 Å². The van der Waals surface area contributed by atoms with Crippen LogP contribution in [0.5, 0.6) is 0 Å². The number of pyridine rings is 1. The lowest BCUT2D eigenvalue weighted by molar-refractivity contribution is 0.0951. The van der Waals surface area contributed by atoms with Crippen LogP contribution >= 0.6 is 0 Å². The fraction of sp³-hybridized carbons (Fsp3) is 0.107. The first kappa shape index (κ1) is 22.2. The molecule has 0 saturated carbocycles. The summed E-state index contributed by atoms with van der Waals surface area (Å²) < 4.78 is 1.80. The Labute approximate surface area is 204 Å². The van der Waals surface area contributed by atoms with Crippen LogP contribution in [0.25, 0.3) is 16.9 Å². The summed E-state index contributed by atoms with van der Waals surface area (Å²) in [4.78, 5) is 19.3. The topological polar surface area (TPSA) is 74.6 Å². The molecule has 2 N–H and O–H groups in total. The summed E-state index contributed by atoms with van der Waals surface area (Å²) in [7, 11) is 4.00. The number of anilines is 3. The summed E-state index contributed by atoms with van der Waals surface area (Å²) in [6.07, 6.45) is 0. The van der Waals surface area contributed by atoms with Gasteiger partial charge in [-0.15, -0.1) is 5.10 Å². The number of hydrogen-bond acceptors (Lipinski definition) is 5. The number of carbonyl (C=O) groups excluding carboxylic acids is 1. The maximum atomic E-state index is 12.7. The van der Waals surface area contributed by atoms with Crippen LogP contribution in [0.15, 0.2) is 97.1 Å². The second-order valence-corrected chi connectivity index (χ2v) is 8.43. The molecule has 5 aromatic rings. The molecule has 0 bridgehead atoms. The predicted octanol–water partition coefficient (Wildman–Crippen LogP) is 5.14. The van der Waals surface area contributed by atoms with E-state index in [-0.39, 0.29) is 5.91 Å². The minimum Gasteiger partial charge on any atom is -0.378 e. The molecular weight excluding hydrogens is 436 g/mol. The van der Waals surface area contributed by atoms with Gasteiger partial charge in [-0.3, -0.25) is 4.79 Å². The monoisotopic (exact) mass is 462 g/mol. The highest BCUT2D eigenvalue weighted by Gasteiger charge is 2.11. The fourth-order valence-electron chi connectivity index (χ4n) is 3.85. The number of hydrogen-bond donors (Lipinski definition) is 2. The van der Waals surface area contributed by atoms with Crippen molar-refractivity contribution in [2.24, 2.45) is 0 Å². The van der Waals surface area contributed by atoms with Crippen molar-refractivity contribution in [1.82, 2.24) is 19.9 Å². The van der Waals surface area contributed by atoms with Crippen LogP contribution in [-0.4, -0.2) is 34.6 Å². The van der Waals surface area contributed by atoms with Crippen LogP contribution in [0.3, 0.4) is 0 Å². The number of fused-ring (bicyclic) bond motifs is 1. The summed E-state index contributed by atoms with van der Waals surface area (Å²) >= 11 is 0. The molecule has 35 heavy (non-hydrogen) atoms. The number of amides is 1. The van der Waals surface area contributed by atoms with Crippen molar-refractivity contribution >= 4 is 28.9 Å². The van der Waals surface area contributed by atoms with Gasteiger partial charge < -0.3 is 15.5 Å². The molecule has 0 fully saturated rings. The van der Waals surface area contributed by atoms with Crippen LogP contribution < -0.4 is 15.5 Å². The summed E-state index contributed by atoms with van der Waals surface area (Å²) in [6, 6.07) is 31.3. The smallest absolute Gasteiger partial charge is 0.251 e. The van der Waals surface area contributed by atoms with Crippen molar-refractivity contribution in [3.8, 4) is 11.3 Å². The Morgan fingerprint density at radius 1 is 0.886 bits per heavy atom. The molecule has 7 heteroatoms. The van der Waals surface area contributed by atoms with Crippen LogP contribution in [0.1, 0.15) is 15.9 Å². The number of aromatic nitrogens is 3. The van der Waals surface area contributed by atoms with E-state index in [2.05, 4.69) is 26.8 Å². The molecule has 3 aromatic carbocycles. The first-order chi connectivity index (χ1) is 17.1. The molecule has 5 rings (SSSR count). The summed E-state index contributed by atoms with van der Waals surface area (Å²) in [5, 5.41) is 10.9. The van der Waals surface area contributed by atoms with Gasteiger partial charge in [0.25, 0.3) is 5.91 Å². The number of rotatable bonds is 7. The zero-order valence-electron chi connectivity index (χ0n) is 19.6. The average Bonchev–Trinajstić information content (AvgIpc) is 3.30. The van der Waals surface area contributed by atoms with E-state index in [9.17, 15) is 4.79 Å². The molecule has 0 aliphatic heterocycles. The molecule has 174 valence electrons. The van der Waals surface area contributed by atoms with Gasteiger partial charge in [-0.1, -0.05) is 48.5 Å². The molecule has 1 amide bonds. The maximum absolute atomic E-state index is 12.7. The Morgan fingerprint density at radius 2 is 1.66 bits per heavy atom. The Bertz CT molecular complexity index is 1460. The third-order valence-electron chi connectivity index (χ3n) is 5.71. The summed E-state index contributed by atoms with van der Waals surface area (Å²) in [5.74, 6) is 0.415. The van der Waals surface area contributed by atoms with E-state index in [4.69, 9.17) is 0 Å². The van der Waals surface area contributed by atoms with Crippen molar-refractivity contribution in [3.63, 3.8) is 0 Å². The molecule has 0 spiro atoms. The van der Waals surface area contributed by atoms with Crippen molar-refractivity contribution in [1.29, 1.82) is 0 Å². The van der Waals surface area contributed by atoms with Gasteiger partial charge in [0.15, 0.2) is 5.65 Å². The normalized spacial score (nSPS) is 10.8. The lowest BCUT2D eigenvalue weighted by Crippen LogP contribution is -2.22. The number of carbonyl (C=O) groups is 1. The molecular formula is C28H26N6O. The third-order valence-corrected chi connectivity index (χ3v) is 5.71. The van der Waals surface area contributed by atoms with Gasteiger partial charge >= 0.3 is 0 Å². The van der Waals surface area contributed by atoms with Crippen LogP contribution in [-0.2, 0) is 6.54 Å². The van der Waals surface area contributed by atoms with Crippen molar-refractivity contribution < 1.29 is 4.79 Å². The third kappa shape index (κ3) is 4.99. The van der Waals surface area contributed by atoms with Crippen molar-refractivity contribution in [2.75, 3.05) is 24.3 Å². The average molecular weight is 463 g/mol. The zero-order chi connectivity index (χ0) is 24.2. The number of nitrogens with one attached hydrogen (secondary N) is 2. The maximum Gasteiger partial charge on any atom is 0.251 e. The van der Waals surface area contributed by atoms with E-state index in [1.165, 1.54) is 0 Å². The standard InChI is InChI=1S/C28H26N6O/c1-33(2)24-11-6-8-20(18-24)19-29-27(35)22-16-14-21(15-17-22)25-12-7-13-26-31-28(32-34(25)26)30-23-9-4-3-5-10-23/h3-18H,19H2,1-2H3,(H,29,35)(H,30,32). The van der Waals surface area contributed by atoms with E-state index in [0.29, 0.717) is 18.1 Å². The van der Waals surface area contributed by atoms with Gasteiger partial charge in [-0.2, -0.15) is 4.98 Å². The van der Waals surface area contributed by atoms with Crippen LogP contribution in [0.4, 0.5) is 17.3 Å². The van der Waals surface area contributed by atoms with Gasteiger partial charge in [0, 0.05) is 43.1 Å². The van der Waals surface area contributed by atoms with E-state index >= 15 is 0 Å². The van der Waals surface area contributed by atoms with Crippen molar-refractivity contribution in [2.45, 2.75) is 6.54 Å². The molecule has 0 saturated heterocycles. The second-order valence-electron chi connectivity index (χ2n) is 8.43. The Morgan fingerprint density at radius 3 is 2.43 bits per heavy atom. The number of benzene rings is 3. The second kappa shape index (κ2) is 9.69. The highest BCUT2D eigenvalue weighted by Crippen LogP contribution is 2.23. The van der Waals surface area contributed by atoms with Gasteiger partial charge in [-0.25, -0.2) is 4.52 Å². The van der Waals surface area contributed by atoms with Gasteiger partial charge in [0.2, 0.25) is 5.95 Å². The lowest BCUT2D eigenvalue weighted by atomic mass is 10.1. The fourth-order valence-corrected chi connectivity index (χ4v) is 3.85. The highest BCUT2D eigenvalue weighted by molar-refractivity contribution is 5.94. The largest absolute Gasteiger partial charge is 0.378 e. The van der Waals surface area contributed by atoms with Gasteiger partial charge in [0.05, 0.1) is 5.69 Å². The molecule has 2 heterocycles. The lowest BCUT2D eigenvalue weighted by Gasteiger charge is -2.14. The first-order valence-electron chi connectivity index (χ1n) is 11.4. The van der Waals surface area contributed by atoms with E-state index < -0.39 is 0 Å². The molecule has 0 atom stereocenters. The van der Waals surface area contributed by atoms with E-state index in [1.807, 2.05) is 110 Å². The first-order valence-corrected chi connectivity index (χ1v) is 11.4. The van der Waals surface area contributed by atoms with Crippen LogP contribution in [0, 0.1) is 0 Å². The molecule has 0 unspecified atom stereocenters. The number of para-hydroxylation sites is 1. The van der Waals surface area contributed by atoms with Gasteiger partial charge in [0.1, 0.15) is 0 Å². The zero-order valence-corrected chi connectivity index (χ0v) is 19.6. The molecule has 0 aliphatic carbocycles. The molecule has 7 nitrogen and oxygen atoms in total. The number of nitrogens with zero attached hydrogens (tertiary/aromatic N) is 4. The van der Waals surface area contributed by atoms with Crippen LogP contribution in [0.2, 0.25) is 0 Å². The minimum absolute atomic E-state index is 0.111. The molecule has 0 aliphatic rings. The quantitative estimate of drug-likeness (QED) is 0.351. The highest BCUT2D eigenvalue weighted by atomic mass is 16.1. The Kier molecular flexibility index (Phi) is 6.13. The minimum atomic E-state index is -0.111. The van der Waals surface area contributed by atoms with Gasteiger partial charge in [-0.05, 0) is 54.1 Å². The summed E-state index contributed by atoms with van der Waals surface area (Å²) in [6.45, 7) is 0.470.